The molecule has 23 heavy (non-hydrogen) atoms. The van der Waals surface area contributed by atoms with Gasteiger partial charge >= 0.3 is 5.97 Å². The van der Waals surface area contributed by atoms with Gasteiger partial charge in [-0.1, -0.05) is 6.92 Å². The number of hydrogen-bond donors (Lipinski definition) is 1. The van der Waals surface area contributed by atoms with E-state index in [1.807, 2.05) is 0 Å². The molecule has 0 spiro atoms. The molecule has 1 aliphatic rings. The van der Waals surface area contributed by atoms with Crippen molar-refractivity contribution in [1.82, 2.24) is 9.88 Å². The van der Waals surface area contributed by atoms with Crippen LogP contribution in [0.15, 0.2) is 35.1 Å². The molecule has 1 N–H and O–H groups in total. The largest absolute Gasteiger partial charge is 0.481 e. The molecule has 2 atom stereocenters. The number of carboxylic acid groups (broad SMARTS) is 1. The normalized spacial score (nSPS) is 20.7. The van der Waals surface area contributed by atoms with Crippen molar-refractivity contribution in [3.63, 3.8) is 0 Å². The minimum absolute atomic E-state index is 0.106. The lowest BCUT2D eigenvalue weighted by atomic mass is 9.99. The Morgan fingerprint density at radius 1 is 1.30 bits per heavy atom. The summed E-state index contributed by atoms with van der Waals surface area (Å²) in [6.07, 6.45) is 1.15. The molecule has 0 saturated carbocycles. The van der Waals surface area contributed by atoms with E-state index in [4.69, 9.17) is 9.52 Å². The molecule has 1 aliphatic heterocycles. The smallest absolute Gasteiger partial charge is 0.308 e. The average molecular weight is 318 g/mol. The summed E-state index contributed by atoms with van der Waals surface area (Å²) in [4.78, 5) is 29.2. The minimum atomic E-state index is -0.910. The molecule has 120 valence electrons. The number of amides is 1. The third-order valence-electron chi connectivity index (χ3n) is 4.09. The molecular weight excluding hydrogens is 303 g/mol. The fraction of sp³-hybridized carbons (Fsp3) is 0.312. The predicted octanol–water partition coefficient (Wildman–Crippen LogP) is 2.27. The predicted molar refractivity (Wildman–Crippen MR) is 78.1 cm³/mol. The van der Waals surface area contributed by atoms with E-state index in [9.17, 15) is 14.0 Å². The van der Waals surface area contributed by atoms with E-state index >= 15 is 0 Å². The Kier molecular flexibility index (Phi) is 3.85. The van der Waals surface area contributed by atoms with E-state index in [2.05, 4.69) is 4.98 Å². The van der Waals surface area contributed by atoms with E-state index in [0.29, 0.717) is 12.1 Å². The lowest BCUT2D eigenvalue weighted by molar-refractivity contribution is -0.142. The number of halogens is 1. The second kappa shape index (κ2) is 5.83. The number of aromatic nitrogens is 1. The van der Waals surface area contributed by atoms with Crippen LogP contribution in [-0.2, 0) is 4.79 Å². The lowest BCUT2D eigenvalue weighted by Crippen LogP contribution is -2.30. The first-order valence-electron chi connectivity index (χ1n) is 7.19. The first kappa shape index (κ1) is 15.2. The maximum absolute atomic E-state index is 13.0. The summed E-state index contributed by atoms with van der Waals surface area (Å²) in [6.45, 7) is 2.30. The molecule has 1 fully saturated rings. The molecule has 0 bridgehead atoms. The van der Waals surface area contributed by atoms with Gasteiger partial charge in [0.15, 0.2) is 17.8 Å². The Morgan fingerprint density at radius 3 is 2.61 bits per heavy atom. The second-order valence-electron chi connectivity index (χ2n) is 5.67. The van der Waals surface area contributed by atoms with Crippen molar-refractivity contribution in [2.45, 2.75) is 6.92 Å². The van der Waals surface area contributed by atoms with Gasteiger partial charge in [-0.05, 0) is 30.2 Å². The number of nitrogens with zero attached hydrogens (tertiary/aromatic N) is 2. The van der Waals surface area contributed by atoms with Crippen LogP contribution in [0.1, 0.15) is 17.4 Å². The van der Waals surface area contributed by atoms with Gasteiger partial charge in [-0.2, -0.15) is 0 Å². The Labute approximate surface area is 131 Å². The molecule has 1 aromatic carbocycles. The molecular formula is C16H15FN2O4. The van der Waals surface area contributed by atoms with Crippen LogP contribution in [0.25, 0.3) is 11.3 Å². The van der Waals surface area contributed by atoms with Gasteiger partial charge in [0.25, 0.3) is 5.91 Å². The highest BCUT2D eigenvalue weighted by Crippen LogP contribution is 2.28. The van der Waals surface area contributed by atoms with Crippen LogP contribution in [0, 0.1) is 17.7 Å². The van der Waals surface area contributed by atoms with Gasteiger partial charge in [0.1, 0.15) is 5.82 Å². The van der Waals surface area contributed by atoms with E-state index < -0.39 is 11.9 Å². The summed E-state index contributed by atoms with van der Waals surface area (Å²) in [5.74, 6) is -2.14. The average Bonchev–Trinajstić information content (AvgIpc) is 3.14. The number of carbonyl (C=O) groups excluding carboxylic acids is 1. The van der Waals surface area contributed by atoms with Gasteiger partial charge in [-0.15, -0.1) is 0 Å². The summed E-state index contributed by atoms with van der Waals surface area (Å²) >= 11 is 0. The number of oxazole rings is 1. The van der Waals surface area contributed by atoms with Crippen molar-refractivity contribution in [2.24, 2.45) is 11.8 Å². The van der Waals surface area contributed by atoms with Crippen LogP contribution < -0.4 is 0 Å². The summed E-state index contributed by atoms with van der Waals surface area (Å²) < 4.78 is 18.3. The zero-order valence-electron chi connectivity index (χ0n) is 12.4. The molecule has 1 aromatic heterocycles. The molecule has 7 heteroatoms. The van der Waals surface area contributed by atoms with Crippen molar-refractivity contribution < 1.29 is 23.5 Å². The number of carbonyl (C=O) groups is 2. The SMILES string of the molecule is C[C@@H]1CN(C(=O)c2ncoc2-c2ccc(F)cc2)C[C@H]1C(=O)O. The number of benzene rings is 1. The highest BCUT2D eigenvalue weighted by atomic mass is 19.1. The van der Waals surface area contributed by atoms with Gasteiger partial charge < -0.3 is 14.4 Å². The van der Waals surface area contributed by atoms with Crippen molar-refractivity contribution in [3.8, 4) is 11.3 Å². The third kappa shape index (κ3) is 2.81. The maximum Gasteiger partial charge on any atom is 0.308 e. The number of carboxylic acids is 1. The van der Waals surface area contributed by atoms with Gasteiger partial charge in [0.2, 0.25) is 0 Å². The Morgan fingerprint density at radius 2 is 2.00 bits per heavy atom. The Balaban J connectivity index is 1.86. The number of rotatable bonds is 3. The van der Waals surface area contributed by atoms with Crippen LogP contribution in [0.5, 0.6) is 0 Å². The molecule has 0 radical (unpaired) electrons. The summed E-state index contributed by atoms with van der Waals surface area (Å²) in [5.41, 5.74) is 0.643. The van der Waals surface area contributed by atoms with Crippen molar-refractivity contribution in [3.05, 3.63) is 42.2 Å². The molecule has 3 rings (SSSR count). The highest BCUT2D eigenvalue weighted by molar-refractivity contribution is 5.98. The monoisotopic (exact) mass is 318 g/mol. The number of likely N-dealkylation sites (tertiary alicyclic amines) is 1. The molecule has 2 heterocycles. The van der Waals surface area contributed by atoms with Crippen LogP contribution in [0.2, 0.25) is 0 Å². The van der Waals surface area contributed by atoms with Crippen LogP contribution in [0.4, 0.5) is 4.39 Å². The van der Waals surface area contributed by atoms with Gasteiger partial charge in [-0.25, -0.2) is 9.37 Å². The van der Waals surface area contributed by atoms with Crippen LogP contribution in [-0.4, -0.2) is 40.0 Å². The van der Waals surface area contributed by atoms with Gasteiger partial charge in [0.05, 0.1) is 5.92 Å². The second-order valence-corrected chi connectivity index (χ2v) is 5.67. The van der Waals surface area contributed by atoms with Gasteiger partial charge in [-0.3, -0.25) is 9.59 Å². The summed E-state index contributed by atoms with van der Waals surface area (Å²) in [7, 11) is 0. The number of aliphatic carboxylic acids is 1. The summed E-state index contributed by atoms with van der Waals surface area (Å²) in [6, 6.07) is 5.54. The molecule has 0 aliphatic carbocycles. The molecule has 6 nitrogen and oxygen atoms in total. The van der Waals surface area contributed by atoms with Crippen molar-refractivity contribution in [2.75, 3.05) is 13.1 Å². The molecule has 0 unspecified atom stereocenters. The fourth-order valence-electron chi connectivity index (χ4n) is 2.81. The summed E-state index contributed by atoms with van der Waals surface area (Å²) in [5, 5.41) is 9.16. The van der Waals surface area contributed by atoms with E-state index in [1.165, 1.54) is 29.2 Å². The first-order chi connectivity index (χ1) is 11.0. The standard InChI is InChI=1S/C16H15FN2O4/c1-9-6-19(7-12(9)16(21)22)15(20)13-14(23-8-18-13)10-2-4-11(17)5-3-10/h2-5,8-9,12H,6-7H2,1H3,(H,21,22)/t9-,12-/m1/s1. The highest BCUT2D eigenvalue weighted by Gasteiger charge is 2.38. The quantitative estimate of drug-likeness (QED) is 0.938. The third-order valence-corrected chi connectivity index (χ3v) is 4.09. The molecule has 1 saturated heterocycles. The Hall–Kier alpha value is -2.70. The first-order valence-corrected chi connectivity index (χ1v) is 7.19. The zero-order chi connectivity index (χ0) is 16.6. The topological polar surface area (TPSA) is 83.6 Å². The zero-order valence-corrected chi connectivity index (χ0v) is 12.4. The molecule has 1 amide bonds. The van der Waals surface area contributed by atoms with Crippen molar-refractivity contribution >= 4 is 11.9 Å². The van der Waals surface area contributed by atoms with Crippen molar-refractivity contribution in [1.29, 1.82) is 0 Å². The fourth-order valence-corrected chi connectivity index (χ4v) is 2.81. The lowest BCUT2D eigenvalue weighted by Gasteiger charge is -2.14. The van der Waals surface area contributed by atoms with Crippen LogP contribution in [0.3, 0.4) is 0 Å². The van der Waals surface area contributed by atoms with E-state index in [1.54, 1.807) is 6.92 Å². The molecule has 2 aromatic rings. The number of hydrogen-bond acceptors (Lipinski definition) is 4. The Bertz CT molecular complexity index is 741. The van der Waals surface area contributed by atoms with Gasteiger partial charge in [0, 0.05) is 18.7 Å². The van der Waals surface area contributed by atoms with Crippen LogP contribution >= 0.6 is 0 Å². The minimum Gasteiger partial charge on any atom is -0.481 e. The van der Waals surface area contributed by atoms with E-state index in [0.717, 1.165) is 6.39 Å². The maximum atomic E-state index is 13.0. The van der Waals surface area contributed by atoms with E-state index in [-0.39, 0.29) is 35.6 Å².